The zero-order valence-corrected chi connectivity index (χ0v) is 15.9. The highest BCUT2D eigenvalue weighted by Gasteiger charge is 2.30. The molecule has 4 N–H and O–H groups in total. The predicted molar refractivity (Wildman–Crippen MR) is 101 cm³/mol. The number of aromatic amines is 1. The molecule has 2 rings (SSSR count). The third-order valence-electron chi connectivity index (χ3n) is 3.59. The van der Waals surface area contributed by atoms with Crippen LogP contribution in [0.2, 0.25) is 0 Å². The van der Waals surface area contributed by atoms with Gasteiger partial charge in [-0.1, -0.05) is 30.3 Å². The van der Waals surface area contributed by atoms with Gasteiger partial charge < -0.3 is 20.1 Å². The second-order valence-electron chi connectivity index (χ2n) is 7.29. The van der Waals surface area contributed by atoms with Crippen LogP contribution in [0.5, 0.6) is 0 Å². The first-order chi connectivity index (χ1) is 12.6. The van der Waals surface area contributed by atoms with Crippen molar-refractivity contribution in [1.82, 2.24) is 15.3 Å². The number of nitrogens with one attached hydrogen (secondary N) is 3. The van der Waals surface area contributed by atoms with E-state index >= 15 is 0 Å². The molecule has 27 heavy (non-hydrogen) atoms. The van der Waals surface area contributed by atoms with Crippen molar-refractivity contribution in [2.75, 3.05) is 5.32 Å². The molecule has 8 nitrogen and oxygen atoms in total. The SMILES string of the molecule is Cc1cnc(NC(=O)[C@H](O)[C@H](Cc2ccccc2)NC(=O)OC(C)(C)C)[nH]1. The molecule has 0 radical (unpaired) electrons. The van der Waals surface area contributed by atoms with Crippen LogP contribution in [0.4, 0.5) is 10.7 Å². The molecule has 0 aliphatic rings. The molecule has 1 aromatic carbocycles. The van der Waals surface area contributed by atoms with Crippen LogP contribution >= 0.6 is 0 Å². The number of alkyl carbamates (subject to hydrolysis) is 1. The maximum absolute atomic E-state index is 12.4. The van der Waals surface area contributed by atoms with Crippen molar-refractivity contribution >= 4 is 17.9 Å². The van der Waals surface area contributed by atoms with Gasteiger partial charge in [0.2, 0.25) is 5.95 Å². The molecular weight excluding hydrogens is 348 g/mol. The number of ether oxygens (including phenoxy) is 1. The Hall–Kier alpha value is -2.87. The highest BCUT2D eigenvalue weighted by Crippen LogP contribution is 2.11. The lowest BCUT2D eigenvalue weighted by atomic mass is 10.0. The number of aryl methyl sites for hydroxylation is 1. The number of amides is 2. The van der Waals surface area contributed by atoms with E-state index in [2.05, 4.69) is 20.6 Å². The number of rotatable bonds is 6. The van der Waals surface area contributed by atoms with Crippen LogP contribution in [0.1, 0.15) is 32.0 Å². The van der Waals surface area contributed by atoms with Gasteiger partial charge in [0.05, 0.1) is 6.04 Å². The molecule has 0 spiro atoms. The standard InChI is InChI=1S/C19H26N4O4/c1-12-11-20-17(21-12)23-16(25)15(24)14(10-13-8-6-5-7-9-13)22-18(26)27-19(2,3)4/h5-9,11,14-15,24H,10H2,1-4H3,(H,22,26)(H2,20,21,23,25)/t14-,15+/m0/s1. The first-order valence-electron chi connectivity index (χ1n) is 8.68. The van der Waals surface area contributed by atoms with Gasteiger partial charge in [-0.05, 0) is 39.7 Å². The molecule has 146 valence electrons. The normalized spacial score (nSPS) is 13.5. The largest absolute Gasteiger partial charge is 0.444 e. The number of nitrogens with zero attached hydrogens (tertiary/aromatic N) is 1. The van der Waals surface area contributed by atoms with Crippen molar-refractivity contribution in [1.29, 1.82) is 0 Å². The first-order valence-corrected chi connectivity index (χ1v) is 8.68. The number of aromatic nitrogens is 2. The molecule has 2 amide bonds. The Balaban J connectivity index is 2.11. The second kappa shape index (κ2) is 8.68. The lowest BCUT2D eigenvalue weighted by Crippen LogP contribution is -2.51. The summed E-state index contributed by atoms with van der Waals surface area (Å²) in [7, 11) is 0. The second-order valence-corrected chi connectivity index (χ2v) is 7.29. The summed E-state index contributed by atoms with van der Waals surface area (Å²) in [6.07, 6.45) is -0.388. The van der Waals surface area contributed by atoms with Crippen LogP contribution in [0.15, 0.2) is 36.5 Å². The van der Waals surface area contributed by atoms with Crippen LogP contribution in [0, 0.1) is 6.92 Å². The van der Waals surface area contributed by atoms with Crippen LogP contribution in [-0.2, 0) is 16.0 Å². The first kappa shape index (κ1) is 20.4. The predicted octanol–water partition coefficient (Wildman–Crippen LogP) is 2.15. The minimum atomic E-state index is -1.50. The molecule has 8 heteroatoms. The van der Waals surface area contributed by atoms with Gasteiger partial charge in [0.15, 0.2) is 6.10 Å². The molecule has 1 heterocycles. The smallest absolute Gasteiger partial charge is 0.407 e. The fourth-order valence-corrected chi connectivity index (χ4v) is 2.42. The van der Waals surface area contributed by atoms with Crippen molar-refractivity contribution in [2.24, 2.45) is 0 Å². The van der Waals surface area contributed by atoms with Gasteiger partial charge in [-0.3, -0.25) is 10.1 Å². The van der Waals surface area contributed by atoms with Gasteiger partial charge in [-0.2, -0.15) is 0 Å². The third kappa shape index (κ3) is 6.74. The number of carbonyl (C=O) groups excluding carboxylic acids is 2. The molecule has 0 unspecified atom stereocenters. The van der Waals surface area contributed by atoms with Crippen molar-refractivity contribution in [3.63, 3.8) is 0 Å². The maximum atomic E-state index is 12.4. The van der Waals surface area contributed by atoms with Gasteiger partial charge in [0.1, 0.15) is 5.60 Å². The zero-order valence-electron chi connectivity index (χ0n) is 15.9. The number of hydrogen-bond acceptors (Lipinski definition) is 5. The van der Waals surface area contributed by atoms with E-state index in [9.17, 15) is 14.7 Å². The summed E-state index contributed by atoms with van der Waals surface area (Å²) in [5.74, 6) is -0.450. The molecule has 0 aliphatic carbocycles. The summed E-state index contributed by atoms with van der Waals surface area (Å²) in [6.45, 7) is 7.00. The fraction of sp³-hybridized carbons (Fsp3) is 0.421. The summed E-state index contributed by atoms with van der Waals surface area (Å²) < 4.78 is 5.25. The Labute approximate surface area is 158 Å². The van der Waals surface area contributed by atoms with E-state index in [1.807, 2.05) is 30.3 Å². The monoisotopic (exact) mass is 374 g/mol. The van der Waals surface area contributed by atoms with E-state index < -0.39 is 29.7 Å². The van der Waals surface area contributed by atoms with Gasteiger partial charge in [-0.15, -0.1) is 0 Å². The van der Waals surface area contributed by atoms with E-state index in [1.165, 1.54) is 0 Å². The Morgan fingerprint density at radius 3 is 2.48 bits per heavy atom. The Bertz CT molecular complexity index is 768. The highest BCUT2D eigenvalue weighted by atomic mass is 16.6. The topological polar surface area (TPSA) is 116 Å². The number of H-pyrrole nitrogens is 1. The number of hydrogen-bond donors (Lipinski definition) is 4. The number of anilines is 1. The van der Waals surface area contributed by atoms with Gasteiger partial charge in [-0.25, -0.2) is 9.78 Å². The lowest BCUT2D eigenvalue weighted by molar-refractivity contribution is -0.125. The summed E-state index contributed by atoms with van der Waals surface area (Å²) in [5, 5.41) is 15.6. The Kier molecular flexibility index (Phi) is 6.57. The van der Waals surface area contributed by atoms with E-state index in [4.69, 9.17) is 4.74 Å². The summed E-state index contributed by atoms with van der Waals surface area (Å²) >= 11 is 0. The fourth-order valence-electron chi connectivity index (χ4n) is 2.42. The van der Waals surface area contributed by atoms with E-state index in [-0.39, 0.29) is 12.4 Å². The molecule has 0 bridgehead atoms. The average Bonchev–Trinajstić information content (AvgIpc) is 2.97. The van der Waals surface area contributed by atoms with E-state index in [0.29, 0.717) is 0 Å². The lowest BCUT2D eigenvalue weighted by Gasteiger charge is -2.26. The van der Waals surface area contributed by atoms with Crippen LogP contribution < -0.4 is 10.6 Å². The van der Waals surface area contributed by atoms with E-state index in [1.54, 1.807) is 33.9 Å². The molecule has 0 saturated carbocycles. The molecule has 0 aliphatic heterocycles. The van der Waals surface area contributed by atoms with Crippen molar-refractivity contribution in [3.8, 4) is 0 Å². The number of imidazole rings is 1. The maximum Gasteiger partial charge on any atom is 0.407 e. The highest BCUT2D eigenvalue weighted by molar-refractivity contribution is 5.93. The minimum Gasteiger partial charge on any atom is -0.444 e. The Morgan fingerprint density at radius 2 is 1.93 bits per heavy atom. The van der Waals surface area contributed by atoms with Crippen molar-refractivity contribution < 1.29 is 19.4 Å². The van der Waals surface area contributed by atoms with Crippen LogP contribution in [0.3, 0.4) is 0 Å². The average molecular weight is 374 g/mol. The molecule has 2 aromatic rings. The minimum absolute atomic E-state index is 0.229. The van der Waals surface area contributed by atoms with Gasteiger partial charge in [0, 0.05) is 11.9 Å². The van der Waals surface area contributed by atoms with E-state index in [0.717, 1.165) is 11.3 Å². The zero-order chi connectivity index (χ0) is 20.0. The third-order valence-corrected chi connectivity index (χ3v) is 3.59. The molecule has 0 fully saturated rings. The van der Waals surface area contributed by atoms with Crippen molar-refractivity contribution in [3.05, 3.63) is 47.8 Å². The summed E-state index contributed by atoms with van der Waals surface area (Å²) in [6, 6.07) is 8.38. The Morgan fingerprint density at radius 1 is 1.26 bits per heavy atom. The summed E-state index contributed by atoms with van der Waals surface area (Å²) in [4.78, 5) is 31.4. The number of aliphatic hydroxyl groups excluding tert-OH is 1. The summed E-state index contributed by atoms with van der Waals surface area (Å²) in [5.41, 5.74) is 0.937. The van der Waals surface area contributed by atoms with Gasteiger partial charge in [0.25, 0.3) is 5.91 Å². The number of carbonyl (C=O) groups is 2. The molecule has 2 atom stereocenters. The number of benzene rings is 1. The quantitative estimate of drug-likeness (QED) is 0.618. The number of aliphatic hydroxyl groups is 1. The molecular formula is C19H26N4O4. The van der Waals surface area contributed by atoms with Crippen LogP contribution in [0.25, 0.3) is 0 Å². The molecule has 0 saturated heterocycles. The van der Waals surface area contributed by atoms with Gasteiger partial charge >= 0.3 is 6.09 Å². The molecule has 1 aromatic heterocycles. The van der Waals surface area contributed by atoms with Crippen LogP contribution in [-0.4, -0.2) is 44.8 Å². The van der Waals surface area contributed by atoms with Crippen molar-refractivity contribution in [2.45, 2.75) is 51.9 Å².